The average Bonchev–Trinajstić information content (AvgIpc) is 2.95. The Kier molecular flexibility index (Phi) is 3.91. The summed E-state index contributed by atoms with van der Waals surface area (Å²) >= 11 is 0. The van der Waals surface area contributed by atoms with Crippen LogP contribution < -0.4 is 15.0 Å². The summed E-state index contributed by atoms with van der Waals surface area (Å²) in [6, 6.07) is 12.6. The Balaban J connectivity index is 1.62. The minimum atomic E-state index is -0.966. The Bertz CT molecular complexity index is 696. The summed E-state index contributed by atoms with van der Waals surface area (Å²) in [5.74, 6) is 1.18. The third-order valence-electron chi connectivity index (χ3n) is 2.85. The van der Waals surface area contributed by atoms with Gasteiger partial charge in [-0.05, 0) is 31.2 Å². The molecule has 0 unspecified atom stereocenters. The lowest BCUT2D eigenvalue weighted by molar-refractivity contribution is 0.342. The van der Waals surface area contributed by atoms with Gasteiger partial charge in [0, 0.05) is 6.20 Å². The van der Waals surface area contributed by atoms with Gasteiger partial charge in [0.2, 0.25) is 0 Å². The maximum atomic E-state index is 5.66. The fourth-order valence-corrected chi connectivity index (χ4v) is 1.80. The van der Waals surface area contributed by atoms with Gasteiger partial charge in [0.15, 0.2) is 0 Å². The van der Waals surface area contributed by atoms with Crippen LogP contribution in [-0.2, 0) is 4.65 Å². The maximum absolute atomic E-state index is 5.66. The fourth-order valence-electron chi connectivity index (χ4n) is 1.80. The molecule has 0 saturated carbocycles. The van der Waals surface area contributed by atoms with Crippen LogP contribution in [-0.4, -0.2) is 24.0 Å². The molecule has 110 valence electrons. The van der Waals surface area contributed by atoms with Gasteiger partial charge < -0.3 is 19.7 Å². The quantitative estimate of drug-likeness (QED) is 0.402. The van der Waals surface area contributed by atoms with E-state index < -0.39 is 7.32 Å². The number of rotatable bonds is 3. The Labute approximate surface area is 127 Å². The van der Waals surface area contributed by atoms with Crippen molar-refractivity contribution < 1.29 is 14.0 Å². The standard InChI is InChI=1S/C14H13BN4O3/c1-10(11-6-4-5-9-17-11)18-19-14(16)22-15-20-12-7-2-3-8-13(12)21-15/h2-9H,1H3,(H2,16,19)/b18-10-. The molecule has 2 heterocycles. The van der Waals surface area contributed by atoms with Gasteiger partial charge >= 0.3 is 7.32 Å². The van der Waals surface area contributed by atoms with E-state index >= 15 is 0 Å². The molecule has 1 aromatic carbocycles. The summed E-state index contributed by atoms with van der Waals surface area (Å²) in [7, 11) is -0.966. The van der Waals surface area contributed by atoms with Crippen molar-refractivity contribution >= 4 is 19.1 Å². The Hall–Kier alpha value is -3.03. The molecule has 0 aliphatic carbocycles. The van der Waals surface area contributed by atoms with Crippen molar-refractivity contribution in [3.05, 3.63) is 54.4 Å². The molecular weight excluding hydrogens is 283 g/mol. The number of benzene rings is 1. The van der Waals surface area contributed by atoms with Crippen LogP contribution in [0.5, 0.6) is 11.5 Å². The molecule has 2 aromatic rings. The Morgan fingerprint density at radius 3 is 2.41 bits per heavy atom. The molecule has 0 fully saturated rings. The molecule has 0 spiro atoms. The van der Waals surface area contributed by atoms with Crippen LogP contribution in [0.4, 0.5) is 0 Å². The number of pyridine rings is 1. The van der Waals surface area contributed by atoms with Gasteiger partial charge in [0.25, 0.3) is 6.02 Å². The monoisotopic (exact) mass is 296 g/mol. The van der Waals surface area contributed by atoms with E-state index in [4.69, 9.17) is 19.7 Å². The number of aromatic nitrogens is 1. The summed E-state index contributed by atoms with van der Waals surface area (Å²) in [5, 5.41) is 7.75. The van der Waals surface area contributed by atoms with Gasteiger partial charge in [-0.25, -0.2) is 0 Å². The lowest BCUT2D eigenvalue weighted by atomic mass is 10.2. The first-order chi connectivity index (χ1) is 10.7. The van der Waals surface area contributed by atoms with E-state index in [1.807, 2.05) is 30.3 Å². The smallest absolute Gasteiger partial charge is 0.486 e. The molecule has 0 atom stereocenters. The summed E-state index contributed by atoms with van der Waals surface area (Å²) in [6.07, 6.45) is 1.68. The molecule has 0 radical (unpaired) electrons. The molecular formula is C14H13BN4O3. The third-order valence-corrected chi connectivity index (χ3v) is 2.85. The van der Waals surface area contributed by atoms with E-state index in [-0.39, 0.29) is 6.02 Å². The molecule has 2 N–H and O–H groups in total. The van der Waals surface area contributed by atoms with Crippen LogP contribution in [0.3, 0.4) is 0 Å². The molecule has 0 bridgehead atoms. The van der Waals surface area contributed by atoms with Gasteiger partial charge in [-0.1, -0.05) is 23.3 Å². The number of para-hydroxylation sites is 2. The highest BCUT2D eigenvalue weighted by atomic mass is 16.8. The average molecular weight is 296 g/mol. The second-order valence-corrected chi connectivity index (χ2v) is 4.43. The number of fused-ring (bicyclic) bond motifs is 1. The number of nitrogens with two attached hydrogens (primary N) is 1. The van der Waals surface area contributed by atoms with Crippen molar-refractivity contribution in [1.82, 2.24) is 4.98 Å². The number of hydrogen-bond donors (Lipinski definition) is 1. The molecule has 0 saturated heterocycles. The van der Waals surface area contributed by atoms with Crippen molar-refractivity contribution in [2.24, 2.45) is 15.9 Å². The number of nitrogens with zero attached hydrogens (tertiary/aromatic N) is 3. The first-order valence-electron chi connectivity index (χ1n) is 6.60. The SMILES string of the molecule is C/C(=N/N=C(/N)OB1Oc2ccccc2O1)c1ccccn1. The van der Waals surface area contributed by atoms with Crippen LogP contribution in [0.1, 0.15) is 12.6 Å². The highest BCUT2D eigenvalue weighted by Gasteiger charge is 2.38. The zero-order valence-corrected chi connectivity index (χ0v) is 11.8. The second kappa shape index (κ2) is 6.17. The van der Waals surface area contributed by atoms with Crippen molar-refractivity contribution in [3.63, 3.8) is 0 Å². The molecule has 8 heteroatoms. The zero-order valence-electron chi connectivity index (χ0n) is 11.8. The van der Waals surface area contributed by atoms with Gasteiger partial charge in [-0.3, -0.25) is 4.98 Å². The lowest BCUT2D eigenvalue weighted by Gasteiger charge is -2.04. The van der Waals surface area contributed by atoms with Crippen LogP contribution >= 0.6 is 0 Å². The third kappa shape index (κ3) is 3.17. The lowest BCUT2D eigenvalue weighted by Crippen LogP contribution is -2.35. The van der Waals surface area contributed by atoms with E-state index in [9.17, 15) is 0 Å². The maximum Gasteiger partial charge on any atom is 0.866 e. The first kappa shape index (κ1) is 13.9. The predicted molar refractivity (Wildman–Crippen MR) is 82.6 cm³/mol. The van der Waals surface area contributed by atoms with Gasteiger partial charge in [-0.15, -0.1) is 5.10 Å². The summed E-state index contributed by atoms with van der Waals surface area (Å²) in [5.41, 5.74) is 6.98. The zero-order chi connectivity index (χ0) is 15.4. The van der Waals surface area contributed by atoms with E-state index in [2.05, 4.69) is 15.2 Å². The largest absolute Gasteiger partial charge is 0.866 e. The van der Waals surface area contributed by atoms with Crippen molar-refractivity contribution in [2.75, 3.05) is 0 Å². The van der Waals surface area contributed by atoms with Crippen LogP contribution in [0, 0.1) is 0 Å². The normalized spacial score (nSPS) is 14.1. The molecule has 22 heavy (non-hydrogen) atoms. The fraction of sp³-hybridized carbons (Fsp3) is 0.0714. The molecule has 3 rings (SSSR count). The van der Waals surface area contributed by atoms with E-state index in [1.165, 1.54) is 0 Å². The minimum Gasteiger partial charge on any atom is -0.486 e. The molecule has 1 aliphatic heterocycles. The van der Waals surface area contributed by atoms with Gasteiger partial charge in [-0.2, -0.15) is 0 Å². The number of hydrogen-bond acceptors (Lipinski definition) is 6. The van der Waals surface area contributed by atoms with Gasteiger partial charge in [0.1, 0.15) is 11.5 Å². The van der Waals surface area contributed by atoms with E-state index in [0.29, 0.717) is 22.9 Å². The van der Waals surface area contributed by atoms with Crippen molar-refractivity contribution in [3.8, 4) is 11.5 Å². The first-order valence-corrected chi connectivity index (χ1v) is 6.60. The molecule has 1 aliphatic rings. The highest BCUT2D eigenvalue weighted by molar-refractivity contribution is 6.42. The van der Waals surface area contributed by atoms with Crippen LogP contribution in [0.25, 0.3) is 0 Å². The summed E-state index contributed by atoms with van der Waals surface area (Å²) in [4.78, 5) is 4.16. The Morgan fingerprint density at radius 1 is 1.09 bits per heavy atom. The van der Waals surface area contributed by atoms with Crippen molar-refractivity contribution in [2.45, 2.75) is 6.92 Å². The topological polar surface area (TPSA) is 91.3 Å². The van der Waals surface area contributed by atoms with E-state index in [0.717, 1.165) is 0 Å². The minimum absolute atomic E-state index is 0.159. The highest BCUT2D eigenvalue weighted by Crippen LogP contribution is 2.32. The molecule has 0 amide bonds. The molecule has 1 aromatic heterocycles. The van der Waals surface area contributed by atoms with E-state index in [1.54, 1.807) is 25.3 Å². The second-order valence-electron chi connectivity index (χ2n) is 4.43. The van der Waals surface area contributed by atoms with Crippen LogP contribution in [0.15, 0.2) is 58.9 Å². The predicted octanol–water partition coefficient (Wildman–Crippen LogP) is 1.59. The number of amidine groups is 1. The summed E-state index contributed by atoms with van der Waals surface area (Å²) < 4.78 is 16.0. The van der Waals surface area contributed by atoms with Crippen LogP contribution in [0.2, 0.25) is 0 Å². The summed E-state index contributed by atoms with van der Waals surface area (Å²) in [6.45, 7) is 1.78. The molecule has 7 nitrogen and oxygen atoms in total. The van der Waals surface area contributed by atoms with Crippen molar-refractivity contribution in [1.29, 1.82) is 0 Å². The Morgan fingerprint density at radius 2 is 1.77 bits per heavy atom. The van der Waals surface area contributed by atoms with Gasteiger partial charge in [0.05, 0.1) is 11.4 Å².